The van der Waals surface area contributed by atoms with Crippen molar-refractivity contribution in [1.82, 2.24) is 34.5 Å². The summed E-state index contributed by atoms with van der Waals surface area (Å²) in [6.07, 6.45) is 0. The standard InChI is InChI=1S/C54H33N7S/c1-4-15-34(16-5-1)49-55-52(37-27-30-39(31-28-37)61-44-24-12-10-21-40(44)41-22-11-13-25-45(41)61)58-53(57-49)38-29-32-46-43(33-38)48-42(23-14-26-47(48)62-46)54-59-50(35-17-6-2-7-18-35)56-51(60-54)36-19-8-3-9-20-36/h1-33H. The maximum absolute atomic E-state index is 5.18. The smallest absolute Gasteiger partial charge is 0.164 e. The van der Waals surface area contributed by atoms with Gasteiger partial charge in [-0.3, -0.25) is 0 Å². The summed E-state index contributed by atoms with van der Waals surface area (Å²) in [6, 6.07) is 68.8. The fraction of sp³-hybridized carbons (Fsp3) is 0. The molecule has 8 aromatic carbocycles. The molecule has 0 saturated heterocycles. The molecule has 0 amide bonds. The molecule has 4 heterocycles. The molecule has 0 N–H and O–H groups in total. The summed E-state index contributed by atoms with van der Waals surface area (Å²) in [6.45, 7) is 0. The molecular weight excluding hydrogens is 779 g/mol. The van der Waals surface area contributed by atoms with Gasteiger partial charge in [-0.15, -0.1) is 11.3 Å². The predicted octanol–water partition coefficient (Wildman–Crippen LogP) is 13.5. The molecule has 0 spiro atoms. The van der Waals surface area contributed by atoms with Crippen LogP contribution in [0, 0.1) is 0 Å². The molecule has 12 rings (SSSR count). The van der Waals surface area contributed by atoms with Crippen LogP contribution in [0.5, 0.6) is 0 Å². The van der Waals surface area contributed by atoms with E-state index in [1.54, 1.807) is 11.3 Å². The van der Waals surface area contributed by atoms with E-state index in [1.165, 1.54) is 21.8 Å². The van der Waals surface area contributed by atoms with Crippen LogP contribution in [0.4, 0.5) is 0 Å². The normalized spacial score (nSPS) is 11.5. The number of hydrogen-bond donors (Lipinski definition) is 0. The number of benzene rings is 8. The van der Waals surface area contributed by atoms with Crippen LogP contribution >= 0.6 is 11.3 Å². The minimum atomic E-state index is 0.594. The third kappa shape index (κ3) is 6.20. The van der Waals surface area contributed by atoms with Gasteiger partial charge in [0.1, 0.15) is 0 Å². The van der Waals surface area contributed by atoms with Crippen LogP contribution < -0.4 is 0 Å². The molecule has 0 bridgehead atoms. The Hall–Kier alpha value is -8.20. The van der Waals surface area contributed by atoms with Gasteiger partial charge < -0.3 is 4.57 Å². The Morgan fingerprint density at radius 3 is 1.27 bits per heavy atom. The Morgan fingerprint density at radius 2 is 0.742 bits per heavy atom. The highest BCUT2D eigenvalue weighted by atomic mass is 32.1. The first-order chi connectivity index (χ1) is 30.7. The van der Waals surface area contributed by atoms with Gasteiger partial charge in [-0.05, 0) is 60.7 Å². The molecule has 0 aliphatic heterocycles. The lowest BCUT2D eigenvalue weighted by molar-refractivity contribution is 1.07. The molecule has 12 aromatic rings. The van der Waals surface area contributed by atoms with Crippen molar-refractivity contribution in [1.29, 1.82) is 0 Å². The first-order valence-corrected chi connectivity index (χ1v) is 21.3. The second-order valence-electron chi connectivity index (χ2n) is 15.1. The average molecular weight is 812 g/mol. The van der Waals surface area contributed by atoms with Crippen molar-refractivity contribution in [2.24, 2.45) is 0 Å². The second kappa shape index (κ2) is 14.8. The molecule has 0 aliphatic rings. The van der Waals surface area contributed by atoms with Crippen molar-refractivity contribution in [3.63, 3.8) is 0 Å². The Bertz CT molecular complexity index is 3510. The fourth-order valence-electron chi connectivity index (χ4n) is 8.39. The van der Waals surface area contributed by atoms with Crippen LogP contribution in [-0.2, 0) is 0 Å². The van der Waals surface area contributed by atoms with E-state index in [4.69, 9.17) is 29.9 Å². The molecule has 290 valence electrons. The minimum Gasteiger partial charge on any atom is -0.309 e. The highest BCUT2D eigenvalue weighted by molar-refractivity contribution is 7.26. The molecule has 0 unspecified atom stereocenters. The van der Waals surface area contributed by atoms with Gasteiger partial charge in [-0.2, -0.15) is 0 Å². The molecule has 7 nitrogen and oxygen atoms in total. The highest BCUT2D eigenvalue weighted by Crippen LogP contribution is 2.41. The van der Waals surface area contributed by atoms with E-state index in [0.717, 1.165) is 59.2 Å². The van der Waals surface area contributed by atoms with E-state index in [-0.39, 0.29) is 0 Å². The zero-order valence-electron chi connectivity index (χ0n) is 33.1. The van der Waals surface area contributed by atoms with Gasteiger partial charge in [0.2, 0.25) is 0 Å². The van der Waals surface area contributed by atoms with Gasteiger partial charge >= 0.3 is 0 Å². The predicted molar refractivity (Wildman–Crippen MR) is 253 cm³/mol. The monoisotopic (exact) mass is 811 g/mol. The number of aromatic nitrogens is 7. The fourth-order valence-corrected chi connectivity index (χ4v) is 9.50. The van der Waals surface area contributed by atoms with Crippen molar-refractivity contribution in [3.8, 4) is 74.0 Å². The quantitative estimate of drug-likeness (QED) is 0.159. The molecule has 0 atom stereocenters. The molecule has 0 aliphatic carbocycles. The summed E-state index contributed by atoms with van der Waals surface area (Å²) in [7, 11) is 0. The van der Waals surface area contributed by atoms with E-state index in [1.807, 2.05) is 91.0 Å². The SMILES string of the molecule is c1ccc(-c2nc(-c3ccc(-n4c5ccccc5c5ccccc54)cc3)nc(-c3ccc4sc5cccc(-c6nc(-c7ccccc7)nc(-c7ccccc7)n6)c5c4c3)n2)cc1. The molecule has 8 heteroatoms. The highest BCUT2D eigenvalue weighted by Gasteiger charge is 2.19. The summed E-state index contributed by atoms with van der Waals surface area (Å²) in [5.41, 5.74) is 8.90. The van der Waals surface area contributed by atoms with Gasteiger partial charge in [-0.1, -0.05) is 140 Å². The topological polar surface area (TPSA) is 82.3 Å². The first kappa shape index (κ1) is 35.7. The number of para-hydroxylation sites is 2. The Balaban J connectivity index is 1.00. The van der Waals surface area contributed by atoms with Crippen LogP contribution in [0.1, 0.15) is 0 Å². The minimum absolute atomic E-state index is 0.594. The summed E-state index contributed by atoms with van der Waals surface area (Å²) in [4.78, 5) is 30.5. The maximum Gasteiger partial charge on any atom is 0.164 e. The van der Waals surface area contributed by atoms with Crippen molar-refractivity contribution in [3.05, 3.63) is 200 Å². The molecule has 0 fully saturated rings. The van der Waals surface area contributed by atoms with E-state index < -0.39 is 0 Å². The van der Waals surface area contributed by atoms with Gasteiger partial charge in [0.15, 0.2) is 34.9 Å². The average Bonchev–Trinajstić information content (AvgIpc) is 3.90. The van der Waals surface area contributed by atoms with Crippen molar-refractivity contribution >= 4 is 53.3 Å². The molecular formula is C54H33N7S. The summed E-state index contributed by atoms with van der Waals surface area (Å²) >= 11 is 1.75. The second-order valence-corrected chi connectivity index (χ2v) is 16.2. The molecule has 4 aromatic heterocycles. The van der Waals surface area contributed by atoms with E-state index in [9.17, 15) is 0 Å². The zero-order valence-corrected chi connectivity index (χ0v) is 33.9. The van der Waals surface area contributed by atoms with Crippen LogP contribution in [0.15, 0.2) is 200 Å². The number of thiophene rings is 1. The largest absolute Gasteiger partial charge is 0.309 e. The Morgan fingerprint density at radius 1 is 0.306 bits per heavy atom. The van der Waals surface area contributed by atoms with Gasteiger partial charge in [0.25, 0.3) is 0 Å². The summed E-state index contributed by atoms with van der Waals surface area (Å²) in [5.74, 6) is 3.68. The number of fused-ring (bicyclic) bond motifs is 6. The lowest BCUT2D eigenvalue weighted by atomic mass is 10.0. The van der Waals surface area contributed by atoms with Crippen molar-refractivity contribution in [2.75, 3.05) is 0 Å². The number of hydrogen-bond acceptors (Lipinski definition) is 7. The lowest BCUT2D eigenvalue weighted by Gasteiger charge is -2.11. The van der Waals surface area contributed by atoms with Crippen LogP contribution in [-0.4, -0.2) is 34.5 Å². The summed E-state index contributed by atoms with van der Waals surface area (Å²) in [5, 5.41) is 4.62. The Kier molecular flexibility index (Phi) is 8.53. The number of nitrogens with zero attached hydrogens (tertiary/aromatic N) is 7. The Labute approximate surface area is 360 Å². The van der Waals surface area contributed by atoms with Crippen LogP contribution in [0.25, 0.3) is 116 Å². The van der Waals surface area contributed by atoms with Crippen LogP contribution in [0.3, 0.4) is 0 Å². The third-order valence-electron chi connectivity index (χ3n) is 11.3. The van der Waals surface area contributed by atoms with E-state index in [0.29, 0.717) is 34.9 Å². The lowest BCUT2D eigenvalue weighted by Crippen LogP contribution is -2.01. The first-order valence-electron chi connectivity index (χ1n) is 20.5. The molecule has 62 heavy (non-hydrogen) atoms. The summed E-state index contributed by atoms with van der Waals surface area (Å²) < 4.78 is 4.61. The van der Waals surface area contributed by atoms with E-state index in [2.05, 4.69) is 114 Å². The maximum atomic E-state index is 5.18. The van der Waals surface area contributed by atoms with Crippen LogP contribution in [0.2, 0.25) is 0 Å². The number of rotatable bonds is 7. The van der Waals surface area contributed by atoms with Gasteiger partial charge in [-0.25, -0.2) is 29.9 Å². The molecule has 0 saturated carbocycles. The van der Waals surface area contributed by atoms with Crippen molar-refractivity contribution in [2.45, 2.75) is 0 Å². The van der Waals surface area contributed by atoms with Gasteiger partial charge in [0.05, 0.1) is 11.0 Å². The van der Waals surface area contributed by atoms with E-state index >= 15 is 0 Å². The van der Waals surface area contributed by atoms with Crippen molar-refractivity contribution < 1.29 is 0 Å². The third-order valence-corrected chi connectivity index (χ3v) is 12.5. The van der Waals surface area contributed by atoms with Gasteiger partial charge in [0, 0.05) is 70.0 Å². The molecule has 0 radical (unpaired) electrons. The zero-order chi connectivity index (χ0) is 41.0.